The highest BCUT2D eigenvalue weighted by Gasteiger charge is 2.08. The second-order valence-electron chi connectivity index (χ2n) is 6.15. The van der Waals surface area contributed by atoms with Gasteiger partial charge < -0.3 is 14.6 Å². The number of aryl methyl sites for hydroxylation is 1. The molecule has 28 heavy (non-hydrogen) atoms. The minimum Gasteiger partial charge on any atom is -0.493 e. The molecule has 2 aromatic carbocycles. The van der Waals surface area contributed by atoms with Crippen molar-refractivity contribution in [1.82, 2.24) is 14.9 Å². The number of hydrogen-bond donors (Lipinski definition) is 1. The summed E-state index contributed by atoms with van der Waals surface area (Å²) in [6.07, 6.45) is 6.47. The number of ether oxygens (including phenoxy) is 1. The van der Waals surface area contributed by atoms with Gasteiger partial charge in [-0.25, -0.2) is 9.37 Å². The van der Waals surface area contributed by atoms with Crippen molar-refractivity contribution in [3.63, 3.8) is 0 Å². The predicted octanol–water partition coefficient (Wildman–Crippen LogP) is 4.05. The lowest BCUT2D eigenvalue weighted by Gasteiger charge is -2.09. The van der Waals surface area contributed by atoms with Gasteiger partial charge in [-0.3, -0.25) is 4.79 Å². The van der Waals surface area contributed by atoms with E-state index in [-0.39, 0.29) is 18.3 Å². The van der Waals surface area contributed by atoms with Crippen LogP contribution in [-0.4, -0.2) is 22.1 Å². The molecule has 1 aromatic heterocycles. The molecular formula is C22H22FN3O2. The Hall–Kier alpha value is -3.41. The third-order valence-electron chi connectivity index (χ3n) is 4.20. The summed E-state index contributed by atoms with van der Waals surface area (Å²) in [6.45, 7) is 4.50. The number of imidazole rings is 1. The van der Waals surface area contributed by atoms with E-state index >= 15 is 0 Å². The number of amides is 1. The van der Waals surface area contributed by atoms with E-state index in [0.717, 1.165) is 11.3 Å². The summed E-state index contributed by atoms with van der Waals surface area (Å²) in [4.78, 5) is 16.2. The van der Waals surface area contributed by atoms with Crippen LogP contribution in [0.2, 0.25) is 0 Å². The Morgan fingerprint density at radius 3 is 2.82 bits per heavy atom. The van der Waals surface area contributed by atoms with Gasteiger partial charge in [0.25, 0.3) is 0 Å². The topological polar surface area (TPSA) is 56.1 Å². The number of carbonyl (C=O) groups excluding carboxylic acids is 1. The van der Waals surface area contributed by atoms with Gasteiger partial charge in [0, 0.05) is 30.6 Å². The van der Waals surface area contributed by atoms with Crippen molar-refractivity contribution in [3.8, 4) is 11.4 Å². The molecule has 1 amide bonds. The third kappa shape index (κ3) is 4.65. The number of carbonyl (C=O) groups is 1. The summed E-state index contributed by atoms with van der Waals surface area (Å²) >= 11 is 0. The van der Waals surface area contributed by atoms with Crippen molar-refractivity contribution in [3.05, 3.63) is 83.7 Å². The molecule has 3 aromatic rings. The van der Waals surface area contributed by atoms with Gasteiger partial charge in [0.1, 0.15) is 17.4 Å². The Morgan fingerprint density at radius 1 is 1.29 bits per heavy atom. The molecule has 5 nitrogen and oxygen atoms in total. The summed E-state index contributed by atoms with van der Waals surface area (Å²) in [6, 6.07) is 12.4. The van der Waals surface area contributed by atoms with Crippen LogP contribution < -0.4 is 10.1 Å². The van der Waals surface area contributed by atoms with E-state index in [2.05, 4.69) is 10.3 Å². The van der Waals surface area contributed by atoms with E-state index in [4.69, 9.17) is 4.74 Å². The van der Waals surface area contributed by atoms with Crippen molar-refractivity contribution in [1.29, 1.82) is 0 Å². The number of benzene rings is 2. The first kappa shape index (κ1) is 19.4. The van der Waals surface area contributed by atoms with Gasteiger partial charge in [0.15, 0.2) is 0 Å². The molecule has 6 heteroatoms. The van der Waals surface area contributed by atoms with Gasteiger partial charge in [0.2, 0.25) is 5.91 Å². The van der Waals surface area contributed by atoms with Crippen LogP contribution in [0, 0.1) is 12.7 Å². The van der Waals surface area contributed by atoms with Gasteiger partial charge in [-0.1, -0.05) is 24.3 Å². The third-order valence-corrected chi connectivity index (χ3v) is 4.20. The average Bonchev–Trinajstić information content (AvgIpc) is 3.11. The number of halogens is 1. The minimum atomic E-state index is -0.367. The number of aromatic nitrogens is 2. The highest BCUT2D eigenvalue weighted by atomic mass is 19.1. The quantitative estimate of drug-likeness (QED) is 0.630. The minimum absolute atomic E-state index is 0.233. The molecule has 0 spiro atoms. The van der Waals surface area contributed by atoms with E-state index in [1.54, 1.807) is 35.2 Å². The van der Waals surface area contributed by atoms with Crippen LogP contribution in [0.25, 0.3) is 11.8 Å². The smallest absolute Gasteiger partial charge is 0.244 e. The molecule has 0 saturated carbocycles. The summed E-state index contributed by atoms with van der Waals surface area (Å²) in [7, 11) is 0. The average molecular weight is 379 g/mol. The lowest BCUT2D eigenvalue weighted by molar-refractivity contribution is -0.116. The molecule has 0 atom stereocenters. The Kier molecular flexibility index (Phi) is 6.22. The molecule has 0 fully saturated rings. The van der Waals surface area contributed by atoms with E-state index in [0.29, 0.717) is 23.7 Å². The summed E-state index contributed by atoms with van der Waals surface area (Å²) in [5.41, 5.74) is 1.93. The van der Waals surface area contributed by atoms with Crippen LogP contribution in [0.1, 0.15) is 23.9 Å². The Labute approximate surface area is 163 Å². The van der Waals surface area contributed by atoms with Crippen molar-refractivity contribution in [2.75, 3.05) is 6.61 Å². The van der Waals surface area contributed by atoms with Crippen LogP contribution >= 0.6 is 0 Å². The summed E-state index contributed by atoms with van der Waals surface area (Å²) in [5, 5.41) is 2.76. The fourth-order valence-electron chi connectivity index (χ4n) is 2.81. The van der Waals surface area contributed by atoms with Gasteiger partial charge in [-0.15, -0.1) is 0 Å². The highest BCUT2D eigenvalue weighted by Crippen LogP contribution is 2.19. The van der Waals surface area contributed by atoms with E-state index in [1.165, 1.54) is 12.1 Å². The second-order valence-corrected chi connectivity index (χ2v) is 6.15. The van der Waals surface area contributed by atoms with Gasteiger partial charge in [-0.2, -0.15) is 0 Å². The van der Waals surface area contributed by atoms with Crippen molar-refractivity contribution in [2.24, 2.45) is 0 Å². The molecule has 0 aliphatic carbocycles. The van der Waals surface area contributed by atoms with E-state index < -0.39 is 0 Å². The van der Waals surface area contributed by atoms with Gasteiger partial charge >= 0.3 is 0 Å². The number of nitrogens with zero attached hydrogens (tertiary/aromatic N) is 2. The largest absolute Gasteiger partial charge is 0.493 e. The SMILES string of the molecule is CCOc1ccccc1/C=C/C(=O)NCc1ccc(-n2ccnc2C)c(F)c1. The lowest BCUT2D eigenvalue weighted by atomic mass is 10.1. The molecule has 0 aliphatic heterocycles. The zero-order valence-corrected chi connectivity index (χ0v) is 15.9. The monoisotopic (exact) mass is 379 g/mol. The van der Waals surface area contributed by atoms with Crippen LogP contribution in [0.4, 0.5) is 4.39 Å². The molecule has 1 N–H and O–H groups in total. The Morgan fingerprint density at radius 2 is 2.11 bits per heavy atom. The maximum Gasteiger partial charge on any atom is 0.244 e. The molecule has 1 heterocycles. The van der Waals surface area contributed by atoms with Gasteiger partial charge in [-0.05, 0) is 43.7 Å². The van der Waals surface area contributed by atoms with Crippen molar-refractivity contribution >= 4 is 12.0 Å². The Balaban J connectivity index is 1.62. The molecule has 0 aliphatic rings. The standard InChI is InChI=1S/C22H22FN3O2/c1-3-28-21-7-5-4-6-18(21)9-11-22(27)25-15-17-8-10-20(19(23)14-17)26-13-12-24-16(26)2/h4-14H,3,15H2,1-2H3,(H,25,27)/b11-9+. The van der Waals surface area contributed by atoms with Crippen molar-refractivity contribution in [2.45, 2.75) is 20.4 Å². The first-order chi connectivity index (χ1) is 13.6. The van der Waals surface area contributed by atoms with Crippen molar-refractivity contribution < 1.29 is 13.9 Å². The number of rotatable bonds is 7. The predicted molar refractivity (Wildman–Crippen MR) is 107 cm³/mol. The molecule has 0 unspecified atom stereocenters. The number of para-hydroxylation sites is 1. The number of nitrogens with one attached hydrogen (secondary N) is 1. The zero-order valence-electron chi connectivity index (χ0n) is 15.9. The highest BCUT2D eigenvalue weighted by molar-refractivity contribution is 5.92. The van der Waals surface area contributed by atoms with Crippen LogP contribution in [0.5, 0.6) is 5.75 Å². The zero-order chi connectivity index (χ0) is 19.9. The second kappa shape index (κ2) is 8.99. The van der Waals surface area contributed by atoms with E-state index in [9.17, 15) is 9.18 Å². The molecule has 0 radical (unpaired) electrons. The fraction of sp³-hybridized carbons (Fsp3) is 0.182. The maximum absolute atomic E-state index is 14.4. The van der Waals surface area contributed by atoms with Crippen LogP contribution in [0.15, 0.2) is 60.9 Å². The number of hydrogen-bond acceptors (Lipinski definition) is 3. The normalized spacial score (nSPS) is 11.0. The van der Waals surface area contributed by atoms with E-state index in [1.807, 2.05) is 38.1 Å². The summed E-state index contributed by atoms with van der Waals surface area (Å²) < 4.78 is 21.6. The molecular weight excluding hydrogens is 357 g/mol. The molecule has 144 valence electrons. The first-order valence-corrected chi connectivity index (χ1v) is 9.05. The molecule has 0 saturated heterocycles. The molecule has 3 rings (SSSR count). The lowest BCUT2D eigenvalue weighted by Crippen LogP contribution is -2.20. The molecule has 0 bridgehead atoms. The Bertz CT molecular complexity index is 995. The summed E-state index contributed by atoms with van der Waals surface area (Å²) in [5.74, 6) is 0.800. The van der Waals surface area contributed by atoms with Gasteiger partial charge in [0.05, 0.1) is 12.3 Å². The van der Waals surface area contributed by atoms with Crippen LogP contribution in [0.3, 0.4) is 0 Å². The maximum atomic E-state index is 14.4. The fourth-order valence-corrected chi connectivity index (χ4v) is 2.81. The first-order valence-electron chi connectivity index (χ1n) is 9.05. The van der Waals surface area contributed by atoms with Crippen LogP contribution in [-0.2, 0) is 11.3 Å².